The van der Waals surface area contributed by atoms with E-state index < -0.39 is 11.7 Å². The molecule has 2 heterocycles. The van der Waals surface area contributed by atoms with Crippen LogP contribution in [0.15, 0.2) is 18.3 Å². The van der Waals surface area contributed by atoms with Crippen molar-refractivity contribution in [2.24, 2.45) is 5.92 Å². The monoisotopic (exact) mass is 271 g/mol. The van der Waals surface area contributed by atoms with Crippen LogP contribution in [0.3, 0.4) is 0 Å². The summed E-state index contributed by atoms with van der Waals surface area (Å²) in [6.45, 7) is 2.18. The summed E-state index contributed by atoms with van der Waals surface area (Å²) in [6, 6.07) is 3.69. The van der Waals surface area contributed by atoms with Crippen LogP contribution in [0.5, 0.6) is 0 Å². The Morgan fingerprint density at radius 1 is 1.32 bits per heavy atom. The van der Waals surface area contributed by atoms with Gasteiger partial charge in [-0.1, -0.05) is 0 Å². The number of alkyl halides is 3. The average molecular weight is 271 g/mol. The van der Waals surface area contributed by atoms with E-state index in [1.165, 1.54) is 6.07 Å². The molecule has 2 bridgehead atoms. The zero-order valence-corrected chi connectivity index (χ0v) is 10.5. The fraction of sp³-hybridized carbons (Fsp3) is 0.615. The molecule has 19 heavy (non-hydrogen) atoms. The van der Waals surface area contributed by atoms with E-state index in [1.807, 2.05) is 0 Å². The lowest BCUT2D eigenvalue weighted by molar-refractivity contribution is -0.137. The van der Waals surface area contributed by atoms with E-state index >= 15 is 0 Å². The van der Waals surface area contributed by atoms with Gasteiger partial charge in [0, 0.05) is 24.3 Å². The first-order chi connectivity index (χ1) is 8.93. The molecule has 1 saturated heterocycles. The maximum Gasteiger partial charge on any atom is 0.417 e. The van der Waals surface area contributed by atoms with Gasteiger partial charge in [0.15, 0.2) is 0 Å². The van der Waals surface area contributed by atoms with E-state index in [2.05, 4.69) is 22.5 Å². The van der Waals surface area contributed by atoms with Gasteiger partial charge in [-0.3, -0.25) is 0 Å². The van der Waals surface area contributed by atoms with Gasteiger partial charge in [-0.05, 0) is 37.8 Å². The quantitative estimate of drug-likeness (QED) is 0.868. The molecule has 1 aromatic rings. The van der Waals surface area contributed by atoms with Gasteiger partial charge in [-0.25, -0.2) is 4.98 Å². The minimum atomic E-state index is -4.32. The van der Waals surface area contributed by atoms with Gasteiger partial charge < -0.3 is 10.6 Å². The normalized spacial score (nSPS) is 33.7. The van der Waals surface area contributed by atoms with Crippen LogP contribution in [0.4, 0.5) is 19.0 Å². The van der Waals surface area contributed by atoms with E-state index in [0.717, 1.165) is 25.1 Å². The number of aromatic nitrogens is 1. The average Bonchev–Trinajstić information content (AvgIpc) is 2.87. The molecular formula is C13H16F3N3. The van der Waals surface area contributed by atoms with Crippen LogP contribution in [0.1, 0.15) is 25.3 Å². The van der Waals surface area contributed by atoms with Crippen molar-refractivity contribution < 1.29 is 13.2 Å². The Labute approximate surface area is 109 Å². The number of nitrogens with one attached hydrogen (secondary N) is 2. The summed E-state index contributed by atoms with van der Waals surface area (Å²) in [5.74, 6) is 1.18. The molecule has 104 valence electrons. The number of halogens is 3. The van der Waals surface area contributed by atoms with Crippen molar-refractivity contribution in [3.63, 3.8) is 0 Å². The van der Waals surface area contributed by atoms with Gasteiger partial charge in [-0.2, -0.15) is 13.2 Å². The fourth-order valence-corrected chi connectivity index (χ4v) is 3.14. The molecule has 2 aliphatic rings. The second-order valence-corrected chi connectivity index (χ2v) is 5.47. The second kappa shape index (κ2) is 4.37. The van der Waals surface area contributed by atoms with Crippen LogP contribution < -0.4 is 10.6 Å². The van der Waals surface area contributed by atoms with Crippen molar-refractivity contribution in [2.45, 2.75) is 44.1 Å². The first-order valence-corrected chi connectivity index (χ1v) is 6.49. The van der Waals surface area contributed by atoms with Crippen LogP contribution in [-0.4, -0.2) is 23.1 Å². The summed E-state index contributed by atoms with van der Waals surface area (Å²) in [5.41, 5.74) is -0.710. The highest BCUT2D eigenvalue weighted by atomic mass is 19.4. The Morgan fingerprint density at radius 3 is 2.58 bits per heavy atom. The van der Waals surface area contributed by atoms with Crippen LogP contribution in [0.2, 0.25) is 0 Å². The molecule has 1 aromatic heterocycles. The SMILES string of the molecule is C[C@H]1N[C@H]2C[C@@H]1C[C@H]2Nc1ccc(C(F)(F)F)cn1. The zero-order valence-electron chi connectivity index (χ0n) is 10.5. The molecule has 3 nitrogen and oxygen atoms in total. The maximum absolute atomic E-state index is 12.4. The summed E-state index contributed by atoms with van der Waals surface area (Å²) in [7, 11) is 0. The smallest absolute Gasteiger partial charge is 0.366 e. The van der Waals surface area contributed by atoms with Gasteiger partial charge in [0.2, 0.25) is 0 Å². The highest BCUT2D eigenvalue weighted by Gasteiger charge is 2.43. The lowest BCUT2D eigenvalue weighted by Gasteiger charge is -2.28. The Bertz CT molecular complexity index is 455. The fourth-order valence-electron chi connectivity index (χ4n) is 3.14. The van der Waals surface area contributed by atoms with E-state index in [-0.39, 0.29) is 6.04 Å². The van der Waals surface area contributed by atoms with E-state index in [4.69, 9.17) is 0 Å². The summed E-state index contributed by atoms with van der Waals surface area (Å²) in [6.07, 6.45) is -1.25. The number of piperidine rings is 1. The number of pyridine rings is 1. The van der Waals surface area contributed by atoms with Crippen molar-refractivity contribution in [3.05, 3.63) is 23.9 Å². The predicted octanol–water partition coefficient (Wildman–Crippen LogP) is 2.65. The molecule has 4 atom stereocenters. The molecule has 2 N–H and O–H groups in total. The van der Waals surface area contributed by atoms with Crippen molar-refractivity contribution in [3.8, 4) is 0 Å². The molecule has 0 amide bonds. The number of nitrogens with zero attached hydrogens (tertiary/aromatic N) is 1. The van der Waals surface area contributed by atoms with E-state index in [0.29, 0.717) is 23.8 Å². The number of fused-ring (bicyclic) bond motifs is 2. The first-order valence-electron chi connectivity index (χ1n) is 6.49. The number of anilines is 1. The standard InChI is InChI=1S/C13H16F3N3/c1-7-8-4-10(18-7)11(5-8)19-12-3-2-9(6-17-12)13(14,15)16/h2-3,6-8,10-11,18H,4-5H2,1H3,(H,17,19)/t7-,8-,10+,11-/m1/s1. The molecule has 0 spiro atoms. The third kappa shape index (κ3) is 2.41. The highest BCUT2D eigenvalue weighted by molar-refractivity contribution is 5.38. The van der Waals surface area contributed by atoms with Gasteiger partial charge in [0.25, 0.3) is 0 Å². The molecule has 1 saturated carbocycles. The topological polar surface area (TPSA) is 37.0 Å². The molecule has 2 fully saturated rings. The summed E-state index contributed by atoms with van der Waals surface area (Å²) in [5, 5.41) is 6.72. The third-order valence-electron chi connectivity index (χ3n) is 4.21. The predicted molar refractivity (Wildman–Crippen MR) is 65.8 cm³/mol. The lowest BCUT2D eigenvalue weighted by Crippen LogP contribution is -2.45. The summed E-state index contributed by atoms with van der Waals surface area (Å²) >= 11 is 0. The lowest BCUT2D eigenvalue weighted by atomic mass is 10.00. The van der Waals surface area contributed by atoms with Gasteiger partial charge in [0.05, 0.1) is 5.56 Å². The highest BCUT2D eigenvalue weighted by Crippen LogP contribution is 2.37. The first kappa shape index (κ1) is 12.7. The largest absolute Gasteiger partial charge is 0.417 e. The molecule has 6 heteroatoms. The Kier molecular flexibility index (Phi) is 2.92. The Hall–Kier alpha value is -1.30. The molecular weight excluding hydrogens is 255 g/mol. The van der Waals surface area contributed by atoms with Crippen LogP contribution in [0, 0.1) is 5.92 Å². The van der Waals surface area contributed by atoms with Gasteiger partial charge >= 0.3 is 6.18 Å². The van der Waals surface area contributed by atoms with Crippen LogP contribution >= 0.6 is 0 Å². The van der Waals surface area contributed by atoms with Crippen molar-refractivity contribution >= 4 is 5.82 Å². The van der Waals surface area contributed by atoms with Crippen molar-refractivity contribution in [2.75, 3.05) is 5.32 Å². The molecule has 1 aliphatic heterocycles. The molecule has 0 unspecified atom stereocenters. The number of rotatable bonds is 2. The summed E-state index contributed by atoms with van der Waals surface area (Å²) in [4.78, 5) is 3.85. The van der Waals surface area contributed by atoms with E-state index in [1.54, 1.807) is 0 Å². The zero-order chi connectivity index (χ0) is 13.6. The van der Waals surface area contributed by atoms with Crippen LogP contribution in [0.25, 0.3) is 0 Å². The summed E-state index contributed by atoms with van der Waals surface area (Å²) < 4.78 is 37.3. The Morgan fingerprint density at radius 2 is 2.11 bits per heavy atom. The van der Waals surface area contributed by atoms with E-state index in [9.17, 15) is 13.2 Å². The van der Waals surface area contributed by atoms with Crippen LogP contribution in [-0.2, 0) is 6.18 Å². The van der Waals surface area contributed by atoms with Gasteiger partial charge in [0.1, 0.15) is 5.82 Å². The third-order valence-corrected chi connectivity index (χ3v) is 4.21. The second-order valence-electron chi connectivity index (χ2n) is 5.47. The minimum absolute atomic E-state index is 0.269. The number of hydrogen-bond acceptors (Lipinski definition) is 3. The molecule has 0 radical (unpaired) electrons. The van der Waals surface area contributed by atoms with Gasteiger partial charge in [-0.15, -0.1) is 0 Å². The molecule has 3 rings (SSSR count). The minimum Gasteiger partial charge on any atom is -0.366 e. The Balaban J connectivity index is 1.65. The molecule has 1 aliphatic carbocycles. The van der Waals surface area contributed by atoms with Crippen molar-refractivity contribution in [1.29, 1.82) is 0 Å². The maximum atomic E-state index is 12.4. The van der Waals surface area contributed by atoms with Crippen molar-refractivity contribution in [1.82, 2.24) is 10.3 Å². The molecule has 0 aromatic carbocycles. The number of hydrogen-bond donors (Lipinski definition) is 2.